The van der Waals surface area contributed by atoms with Crippen LogP contribution in [0.1, 0.15) is 86.6 Å². The summed E-state index contributed by atoms with van der Waals surface area (Å²) in [7, 11) is 0. The number of amides is 6. The molecule has 82 heavy (non-hydrogen) atoms. The first kappa shape index (κ1) is 61.9. The molecule has 4 saturated heterocycles. The second-order valence-corrected chi connectivity index (χ2v) is 23.3. The third-order valence-corrected chi connectivity index (χ3v) is 17.3. The van der Waals surface area contributed by atoms with E-state index in [1.165, 1.54) is 6.08 Å². The van der Waals surface area contributed by atoms with E-state index in [-0.39, 0.29) is 79.0 Å². The number of ketones is 1. The molecule has 4 fully saturated rings. The fraction of sp³-hybridized carbons (Fsp3) is 0.559. The maximum absolute atomic E-state index is 13.1. The number of nitrogens with zero attached hydrogens (tertiary/aromatic N) is 5. The topological polar surface area (TPSA) is 255 Å². The van der Waals surface area contributed by atoms with Crippen molar-refractivity contribution in [2.24, 2.45) is 0 Å². The van der Waals surface area contributed by atoms with Crippen LogP contribution in [0.5, 0.6) is 5.75 Å². The van der Waals surface area contributed by atoms with Gasteiger partial charge in [-0.05, 0) is 67.5 Å². The molecule has 21 nitrogen and oxygen atoms in total. The van der Waals surface area contributed by atoms with Gasteiger partial charge in [-0.15, -0.1) is 11.3 Å². The number of ether oxygens (including phenoxy) is 4. The highest BCUT2D eigenvalue weighted by Crippen LogP contribution is 2.36. The largest absolute Gasteiger partial charge is 0.508 e. The van der Waals surface area contributed by atoms with Gasteiger partial charge >= 0.3 is 6.03 Å². The number of aromatic nitrogens is 2. The highest BCUT2D eigenvalue weighted by Gasteiger charge is 2.42. The first-order chi connectivity index (χ1) is 40.0. The summed E-state index contributed by atoms with van der Waals surface area (Å²) in [6, 6.07) is 17.0. The number of phenolic OH excluding ortho intramolecular Hbond substituents is 1. The van der Waals surface area contributed by atoms with Crippen LogP contribution in [0.3, 0.4) is 0 Å². The second kappa shape index (κ2) is 33.2. The van der Waals surface area contributed by atoms with Crippen LogP contribution >= 0.6 is 23.1 Å². The number of carbonyl (C=O) groups is 6. The van der Waals surface area contributed by atoms with Gasteiger partial charge in [-0.25, -0.2) is 14.8 Å². The first-order valence-electron chi connectivity index (χ1n) is 29.0. The molecule has 8 rings (SSSR count). The van der Waals surface area contributed by atoms with E-state index < -0.39 is 0 Å². The zero-order chi connectivity index (χ0) is 57.3. The second-order valence-electron chi connectivity index (χ2n) is 20.9. The Bertz CT molecular complexity index is 2750. The van der Waals surface area contributed by atoms with E-state index in [1.807, 2.05) is 47.0 Å². The van der Waals surface area contributed by atoms with Gasteiger partial charge in [0, 0.05) is 132 Å². The standard InChI is InChI=1S/C59H80N10O11S2/c70-45(19-20-54(75)68-25-23-67(24-26-68)40-47-38-48-56(82-47)58(69-27-31-79-32-28-69)66-57(63-48)44-7-3-8-46(71)37-44)18-17-42-13-15-43(16-14-42)39-62-53(74)12-4-11-52(73)61-22-6-30-78-34-36-80-35-33-77-29-5-21-60-51(72)10-2-1-9-50-55-49(41-81-50)64-59(76)65-55/h3,7-8,13-18,37-38,49-50,55,71H,1-2,4-6,9-12,19-36,39-41H2,(H,60,72)(H,61,73)(H,62,74)(H2,64,65,76)/b18-17+/t49?,50-,55?/m0/s1. The van der Waals surface area contributed by atoms with E-state index >= 15 is 0 Å². The lowest BCUT2D eigenvalue weighted by Gasteiger charge is -2.34. The Morgan fingerprint density at radius 1 is 0.732 bits per heavy atom. The van der Waals surface area contributed by atoms with E-state index in [2.05, 4.69) is 42.5 Å². The minimum atomic E-state index is -0.138. The average Bonchev–Trinajstić information content (AvgIpc) is 4.18. The normalized spacial score (nSPS) is 18.1. The molecule has 0 aliphatic carbocycles. The number of thiophene rings is 1. The number of benzene rings is 2. The van der Waals surface area contributed by atoms with E-state index in [0.717, 1.165) is 102 Å². The number of phenols is 1. The van der Waals surface area contributed by atoms with Gasteiger partial charge in [-0.3, -0.25) is 28.9 Å². The molecule has 0 saturated carbocycles. The Labute approximate surface area is 488 Å². The number of fused-ring (bicyclic) bond motifs is 2. The Morgan fingerprint density at radius 2 is 1.41 bits per heavy atom. The molecule has 6 amide bonds. The maximum atomic E-state index is 13.1. The number of piperazine rings is 1. The predicted molar refractivity (Wildman–Crippen MR) is 316 cm³/mol. The number of morpholine rings is 1. The van der Waals surface area contributed by atoms with E-state index in [0.29, 0.717) is 116 Å². The zero-order valence-corrected chi connectivity index (χ0v) is 48.5. The predicted octanol–water partition coefficient (Wildman–Crippen LogP) is 5.18. The van der Waals surface area contributed by atoms with Crippen molar-refractivity contribution in [1.82, 2.24) is 46.4 Å². The highest BCUT2D eigenvalue weighted by molar-refractivity contribution is 8.00. The molecule has 6 heterocycles. The summed E-state index contributed by atoms with van der Waals surface area (Å²) < 4.78 is 23.4. The zero-order valence-electron chi connectivity index (χ0n) is 46.9. The van der Waals surface area contributed by atoms with Gasteiger partial charge in [0.05, 0.1) is 61.9 Å². The fourth-order valence-electron chi connectivity index (χ4n) is 10.1. The number of anilines is 1. The molecule has 0 radical (unpaired) electrons. The van der Waals surface area contributed by atoms with Gasteiger partial charge in [0.15, 0.2) is 17.4 Å². The van der Waals surface area contributed by atoms with Crippen molar-refractivity contribution in [2.45, 2.75) is 101 Å². The van der Waals surface area contributed by atoms with Gasteiger partial charge < -0.3 is 60.4 Å². The Morgan fingerprint density at radius 3 is 2.12 bits per heavy atom. The van der Waals surface area contributed by atoms with Gasteiger partial charge in [-0.1, -0.05) is 48.9 Å². The smallest absolute Gasteiger partial charge is 0.315 e. The summed E-state index contributed by atoms with van der Waals surface area (Å²) in [6.45, 7) is 10.3. The summed E-state index contributed by atoms with van der Waals surface area (Å²) >= 11 is 3.59. The van der Waals surface area contributed by atoms with Crippen LogP contribution in [-0.4, -0.2) is 189 Å². The average molecular weight is 1170 g/mol. The lowest BCUT2D eigenvalue weighted by Crippen LogP contribution is -2.48. The maximum Gasteiger partial charge on any atom is 0.315 e. The molecule has 444 valence electrons. The van der Waals surface area contributed by atoms with Crippen LogP contribution < -0.4 is 31.5 Å². The number of hydrogen-bond donors (Lipinski definition) is 6. The van der Waals surface area contributed by atoms with E-state index in [1.54, 1.807) is 35.6 Å². The van der Waals surface area contributed by atoms with E-state index in [9.17, 15) is 33.9 Å². The Kier molecular flexibility index (Phi) is 25.0. The van der Waals surface area contributed by atoms with Crippen LogP contribution in [0.15, 0.2) is 60.7 Å². The molecule has 3 atom stereocenters. The number of nitrogens with one attached hydrogen (secondary N) is 5. The SMILES string of the molecule is O=C(/C=C/c1ccc(CNC(=O)CCCC(=O)NCCCOCCOCCOCCCNC(=O)CCCC[C@@H]2SCC3NC(=O)NC32)cc1)CCC(=O)N1CCN(Cc2cc3nc(-c4cccc(O)c4)nc(N4CCOCC4)c3s2)CC1. The van der Waals surface area contributed by atoms with Crippen molar-refractivity contribution in [3.63, 3.8) is 0 Å². The third-order valence-electron chi connectivity index (χ3n) is 14.6. The molecule has 23 heteroatoms. The number of urea groups is 1. The van der Waals surface area contributed by atoms with Crippen molar-refractivity contribution >= 4 is 80.7 Å². The molecular weight excluding hydrogens is 1090 g/mol. The summed E-state index contributed by atoms with van der Waals surface area (Å²) in [5.41, 5.74) is 3.36. The number of allylic oxidation sites excluding steroid dienone is 1. The fourth-order valence-corrected chi connectivity index (χ4v) is 12.8. The molecule has 6 N–H and O–H groups in total. The monoisotopic (exact) mass is 1170 g/mol. The number of carbonyl (C=O) groups excluding carboxylic acids is 6. The lowest BCUT2D eigenvalue weighted by molar-refractivity contribution is -0.134. The number of aromatic hydroxyl groups is 1. The number of rotatable bonds is 34. The summed E-state index contributed by atoms with van der Waals surface area (Å²) in [5.74, 6) is 2.23. The molecule has 4 aliphatic rings. The van der Waals surface area contributed by atoms with Crippen molar-refractivity contribution in [3.05, 3.63) is 76.7 Å². The number of thioether (sulfide) groups is 1. The van der Waals surface area contributed by atoms with E-state index in [4.69, 9.17) is 28.9 Å². The van der Waals surface area contributed by atoms with Gasteiger partial charge in [0.25, 0.3) is 0 Å². The van der Waals surface area contributed by atoms with Crippen LogP contribution in [0.4, 0.5) is 10.6 Å². The molecule has 4 aliphatic heterocycles. The van der Waals surface area contributed by atoms with Gasteiger partial charge in [-0.2, -0.15) is 11.8 Å². The summed E-state index contributed by atoms with van der Waals surface area (Å²) in [6.07, 6.45) is 9.16. The molecular formula is C59H80N10O11S2. The third kappa shape index (κ3) is 20.3. The molecule has 0 bridgehead atoms. The summed E-state index contributed by atoms with van der Waals surface area (Å²) in [5, 5.41) is 25.2. The van der Waals surface area contributed by atoms with Gasteiger partial charge in [0.1, 0.15) is 5.75 Å². The van der Waals surface area contributed by atoms with Crippen molar-refractivity contribution in [2.75, 3.05) is 116 Å². The molecule has 2 unspecified atom stereocenters. The number of unbranched alkanes of at least 4 members (excludes halogenated alkanes) is 1. The molecule has 2 aromatic carbocycles. The molecule has 4 aromatic rings. The van der Waals surface area contributed by atoms with Crippen LogP contribution in [0.2, 0.25) is 0 Å². The lowest BCUT2D eigenvalue weighted by atomic mass is 10.0. The summed E-state index contributed by atoms with van der Waals surface area (Å²) in [4.78, 5) is 91.9. The quantitative estimate of drug-likeness (QED) is 0.0200. The molecule has 2 aromatic heterocycles. The van der Waals surface area contributed by atoms with Crippen LogP contribution in [-0.2, 0) is 56.0 Å². The Hall–Kier alpha value is -6.21. The van der Waals surface area contributed by atoms with Crippen LogP contribution in [0.25, 0.3) is 27.7 Å². The first-order valence-corrected chi connectivity index (χ1v) is 30.8. The van der Waals surface area contributed by atoms with Crippen molar-refractivity contribution in [1.29, 1.82) is 0 Å². The van der Waals surface area contributed by atoms with Gasteiger partial charge in [0.2, 0.25) is 23.6 Å². The van der Waals surface area contributed by atoms with Crippen molar-refractivity contribution in [3.8, 4) is 17.1 Å². The number of hydrogen-bond acceptors (Lipinski definition) is 17. The Balaban J connectivity index is 0.587. The van der Waals surface area contributed by atoms with Crippen LogP contribution in [0, 0.1) is 0 Å². The highest BCUT2D eigenvalue weighted by atomic mass is 32.2. The van der Waals surface area contributed by atoms with Crippen molar-refractivity contribution < 1.29 is 52.8 Å². The minimum Gasteiger partial charge on any atom is -0.508 e. The molecule has 0 spiro atoms. The minimum absolute atomic E-state index is 0.0245.